The van der Waals surface area contributed by atoms with E-state index in [9.17, 15) is 4.79 Å². The largest absolute Gasteiger partial charge is 0.481 e. The number of rotatable bonds is 6. The van der Waals surface area contributed by atoms with Gasteiger partial charge in [0, 0.05) is 12.6 Å². The van der Waals surface area contributed by atoms with E-state index in [1.54, 1.807) is 0 Å². The molecule has 4 heteroatoms. The predicted molar refractivity (Wildman–Crippen MR) is 76.2 cm³/mol. The van der Waals surface area contributed by atoms with Crippen molar-refractivity contribution in [3.05, 3.63) is 0 Å². The van der Waals surface area contributed by atoms with Crippen molar-refractivity contribution in [1.82, 2.24) is 10.2 Å². The molecule has 4 nitrogen and oxygen atoms in total. The molecule has 2 rings (SSSR count). The summed E-state index contributed by atoms with van der Waals surface area (Å²) in [5, 5.41) is 12.7. The first-order chi connectivity index (χ1) is 9.15. The van der Waals surface area contributed by atoms with Gasteiger partial charge in [0.2, 0.25) is 0 Å². The third-order valence-electron chi connectivity index (χ3n) is 4.55. The van der Waals surface area contributed by atoms with Crippen LogP contribution >= 0.6 is 0 Å². The lowest BCUT2D eigenvalue weighted by molar-refractivity contribution is -0.143. The molecule has 0 spiro atoms. The van der Waals surface area contributed by atoms with Crippen LogP contribution in [0.25, 0.3) is 0 Å². The van der Waals surface area contributed by atoms with Crippen LogP contribution in [-0.4, -0.2) is 48.2 Å². The molecule has 1 saturated carbocycles. The fraction of sp³-hybridized carbons (Fsp3) is 0.933. The van der Waals surface area contributed by atoms with E-state index in [-0.39, 0.29) is 5.92 Å². The van der Waals surface area contributed by atoms with Gasteiger partial charge in [0.25, 0.3) is 0 Å². The summed E-state index contributed by atoms with van der Waals surface area (Å²) in [6, 6.07) is 0.413. The van der Waals surface area contributed by atoms with E-state index in [4.69, 9.17) is 5.11 Å². The van der Waals surface area contributed by atoms with Gasteiger partial charge in [-0.3, -0.25) is 4.79 Å². The second-order valence-corrected chi connectivity index (χ2v) is 6.42. The van der Waals surface area contributed by atoms with Crippen LogP contribution in [0.5, 0.6) is 0 Å². The predicted octanol–water partition coefficient (Wildman–Crippen LogP) is 1.95. The summed E-state index contributed by atoms with van der Waals surface area (Å²) in [5.41, 5.74) is 0. The maximum Gasteiger partial charge on any atom is 0.306 e. The Morgan fingerprint density at radius 2 is 2.05 bits per heavy atom. The van der Waals surface area contributed by atoms with Gasteiger partial charge in [0.05, 0.1) is 5.92 Å². The van der Waals surface area contributed by atoms with Crippen molar-refractivity contribution in [3.8, 4) is 0 Å². The minimum atomic E-state index is -0.614. The topological polar surface area (TPSA) is 52.6 Å². The van der Waals surface area contributed by atoms with Gasteiger partial charge in [-0.15, -0.1) is 0 Å². The zero-order chi connectivity index (χ0) is 13.7. The number of nitrogens with zero attached hydrogens (tertiary/aromatic N) is 1. The summed E-state index contributed by atoms with van der Waals surface area (Å²) in [6.45, 7) is 7.02. The highest BCUT2D eigenvalue weighted by molar-refractivity contribution is 5.70. The van der Waals surface area contributed by atoms with Crippen LogP contribution in [0, 0.1) is 11.8 Å². The summed E-state index contributed by atoms with van der Waals surface area (Å²) in [4.78, 5) is 13.6. The molecule has 0 bridgehead atoms. The molecule has 0 aromatic rings. The molecule has 3 unspecified atom stereocenters. The molecule has 19 heavy (non-hydrogen) atoms. The Bertz CT molecular complexity index is 290. The Balaban J connectivity index is 1.65. The Labute approximate surface area is 116 Å². The fourth-order valence-corrected chi connectivity index (χ4v) is 3.44. The first-order valence-corrected chi connectivity index (χ1v) is 7.83. The van der Waals surface area contributed by atoms with Crippen molar-refractivity contribution in [2.24, 2.45) is 11.8 Å². The average Bonchev–Trinajstić information content (AvgIpc) is 2.89. The third kappa shape index (κ3) is 4.77. The minimum Gasteiger partial charge on any atom is -0.481 e. The zero-order valence-electron chi connectivity index (χ0n) is 12.1. The summed E-state index contributed by atoms with van der Waals surface area (Å²) in [5.74, 6) is -0.0833. The molecular weight excluding hydrogens is 240 g/mol. The average molecular weight is 268 g/mol. The van der Waals surface area contributed by atoms with Crippen LogP contribution in [0.1, 0.15) is 45.4 Å². The first-order valence-electron chi connectivity index (χ1n) is 7.83. The van der Waals surface area contributed by atoms with Crippen molar-refractivity contribution in [2.45, 2.75) is 51.5 Å². The van der Waals surface area contributed by atoms with Gasteiger partial charge in [0.15, 0.2) is 0 Å². The van der Waals surface area contributed by atoms with Crippen LogP contribution in [-0.2, 0) is 4.79 Å². The van der Waals surface area contributed by atoms with E-state index in [0.717, 1.165) is 32.2 Å². The van der Waals surface area contributed by atoms with Gasteiger partial charge in [-0.2, -0.15) is 0 Å². The van der Waals surface area contributed by atoms with Crippen molar-refractivity contribution in [3.63, 3.8) is 0 Å². The summed E-state index contributed by atoms with van der Waals surface area (Å²) < 4.78 is 0. The van der Waals surface area contributed by atoms with E-state index >= 15 is 0 Å². The van der Waals surface area contributed by atoms with E-state index < -0.39 is 5.97 Å². The normalized spacial score (nSPS) is 30.4. The number of likely N-dealkylation sites (tertiary alicyclic amines) is 1. The van der Waals surface area contributed by atoms with Gasteiger partial charge in [-0.05, 0) is 57.7 Å². The quantitative estimate of drug-likeness (QED) is 0.773. The van der Waals surface area contributed by atoms with Gasteiger partial charge < -0.3 is 15.3 Å². The Morgan fingerprint density at radius 1 is 1.32 bits per heavy atom. The smallest absolute Gasteiger partial charge is 0.306 e. The maximum atomic E-state index is 11.0. The van der Waals surface area contributed by atoms with Gasteiger partial charge in [-0.1, -0.05) is 13.3 Å². The van der Waals surface area contributed by atoms with Crippen molar-refractivity contribution >= 4 is 5.97 Å². The van der Waals surface area contributed by atoms with Gasteiger partial charge in [-0.25, -0.2) is 0 Å². The molecule has 3 atom stereocenters. The molecule has 110 valence electrons. The Hall–Kier alpha value is -0.610. The maximum absolute atomic E-state index is 11.0. The fourth-order valence-electron chi connectivity index (χ4n) is 3.44. The van der Waals surface area contributed by atoms with Crippen LogP contribution in [0.4, 0.5) is 0 Å². The molecule has 0 aromatic carbocycles. The number of aliphatic carboxylic acids is 1. The molecule has 1 heterocycles. The van der Waals surface area contributed by atoms with Crippen LogP contribution < -0.4 is 5.32 Å². The number of hydrogen-bond acceptors (Lipinski definition) is 3. The third-order valence-corrected chi connectivity index (χ3v) is 4.55. The highest BCUT2D eigenvalue weighted by Gasteiger charge is 2.26. The summed E-state index contributed by atoms with van der Waals surface area (Å²) in [7, 11) is 0. The second-order valence-electron chi connectivity index (χ2n) is 6.42. The first kappa shape index (κ1) is 14.8. The van der Waals surface area contributed by atoms with Crippen molar-refractivity contribution in [2.75, 3.05) is 26.2 Å². The standard InChI is InChI=1S/C15H28N2O2/c1-12(11-17-7-2-3-8-17)10-16-14-6-4-5-13(9-14)15(18)19/h12-14,16H,2-11H2,1H3,(H,18,19). The SMILES string of the molecule is CC(CNC1CCCC(C(=O)O)C1)CN1CCCC1. The van der Waals surface area contributed by atoms with E-state index in [2.05, 4.69) is 17.1 Å². The molecule has 0 radical (unpaired) electrons. The molecule has 0 aromatic heterocycles. The van der Waals surface area contributed by atoms with Crippen molar-refractivity contribution in [1.29, 1.82) is 0 Å². The molecule has 1 saturated heterocycles. The van der Waals surface area contributed by atoms with Gasteiger partial charge in [0.1, 0.15) is 0 Å². The van der Waals surface area contributed by atoms with Crippen LogP contribution in [0.2, 0.25) is 0 Å². The number of carboxylic acids is 1. The van der Waals surface area contributed by atoms with Crippen LogP contribution in [0.3, 0.4) is 0 Å². The van der Waals surface area contributed by atoms with E-state index in [1.165, 1.54) is 32.5 Å². The second kappa shape index (κ2) is 7.25. The Morgan fingerprint density at radius 3 is 2.74 bits per heavy atom. The molecule has 1 aliphatic carbocycles. The van der Waals surface area contributed by atoms with E-state index in [1.807, 2.05) is 0 Å². The molecule has 2 N–H and O–H groups in total. The summed E-state index contributed by atoms with van der Waals surface area (Å²) >= 11 is 0. The summed E-state index contributed by atoms with van der Waals surface area (Å²) in [6.07, 6.45) is 6.56. The number of hydrogen-bond donors (Lipinski definition) is 2. The molecular formula is C15H28N2O2. The number of nitrogens with one attached hydrogen (secondary N) is 1. The lowest BCUT2D eigenvalue weighted by Crippen LogP contribution is -2.40. The monoisotopic (exact) mass is 268 g/mol. The van der Waals surface area contributed by atoms with Gasteiger partial charge >= 0.3 is 5.97 Å². The number of carbonyl (C=O) groups is 1. The highest BCUT2D eigenvalue weighted by atomic mass is 16.4. The minimum absolute atomic E-state index is 0.125. The molecule has 2 aliphatic rings. The number of carboxylic acid groups (broad SMARTS) is 1. The van der Waals surface area contributed by atoms with Crippen LogP contribution in [0.15, 0.2) is 0 Å². The molecule has 2 fully saturated rings. The lowest BCUT2D eigenvalue weighted by atomic mass is 9.85. The lowest BCUT2D eigenvalue weighted by Gasteiger charge is -2.29. The Kier molecular flexibility index (Phi) is 5.64. The van der Waals surface area contributed by atoms with E-state index in [0.29, 0.717) is 12.0 Å². The van der Waals surface area contributed by atoms with Crippen molar-refractivity contribution < 1.29 is 9.90 Å². The molecule has 1 aliphatic heterocycles. The highest BCUT2D eigenvalue weighted by Crippen LogP contribution is 2.24. The zero-order valence-corrected chi connectivity index (χ0v) is 12.1. The molecule has 0 amide bonds.